The predicted molar refractivity (Wildman–Crippen MR) is 80.9 cm³/mol. The maximum Gasteiger partial charge on any atom is 0.315 e. The molecule has 0 radical (unpaired) electrons. The van der Waals surface area contributed by atoms with Crippen LogP contribution in [0.4, 0.5) is 4.79 Å². The van der Waals surface area contributed by atoms with Gasteiger partial charge < -0.3 is 20.5 Å². The molecule has 1 aromatic rings. The number of benzene rings is 1. The van der Waals surface area contributed by atoms with Crippen LogP contribution in [0.3, 0.4) is 0 Å². The zero-order valence-electron chi connectivity index (χ0n) is 12.3. The number of aliphatic hydroxyl groups is 1. The number of carbonyl (C=O) groups excluding carboxylic acids is 1. The molecule has 2 amide bonds. The third-order valence-electron chi connectivity index (χ3n) is 3.69. The Bertz CT molecular complexity index is 425. The summed E-state index contributed by atoms with van der Waals surface area (Å²) in [5.74, 6) is 0. The monoisotopic (exact) mass is 292 g/mol. The highest BCUT2D eigenvalue weighted by Crippen LogP contribution is 2.18. The van der Waals surface area contributed by atoms with Crippen LogP contribution in [-0.2, 0) is 11.3 Å². The first-order valence-electron chi connectivity index (χ1n) is 7.60. The van der Waals surface area contributed by atoms with Gasteiger partial charge in [-0.3, -0.25) is 0 Å². The minimum atomic E-state index is -0.418. The van der Waals surface area contributed by atoms with E-state index < -0.39 is 6.10 Å². The third-order valence-corrected chi connectivity index (χ3v) is 3.69. The van der Waals surface area contributed by atoms with Crippen molar-refractivity contribution in [2.45, 2.75) is 44.4 Å². The molecule has 0 bridgehead atoms. The van der Waals surface area contributed by atoms with Gasteiger partial charge in [-0.05, 0) is 18.4 Å². The lowest BCUT2D eigenvalue weighted by molar-refractivity contribution is 0.0932. The van der Waals surface area contributed by atoms with Crippen molar-refractivity contribution >= 4 is 6.03 Å². The average molecular weight is 292 g/mol. The molecule has 3 N–H and O–H groups in total. The molecule has 2 rings (SSSR count). The minimum Gasteiger partial charge on any atom is -0.391 e. The van der Waals surface area contributed by atoms with Gasteiger partial charge in [0.1, 0.15) is 0 Å². The summed E-state index contributed by atoms with van der Waals surface area (Å²) >= 11 is 0. The zero-order valence-corrected chi connectivity index (χ0v) is 12.3. The SMILES string of the molecule is O=C(NCCOCc1ccccc1)NC1CCCCC1O. The maximum atomic E-state index is 11.7. The highest BCUT2D eigenvalue weighted by atomic mass is 16.5. The van der Waals surface area contributed by atoms with Gasteiger partial charge in [-0.15, -0.1) is 0 Å². The molecular weight excluding hydrogens is 268 g/mol. The van der Waals surface area contributed by atoms with Crippen LogP contribution < -0.4 is 10.6 Å². The minimum absolute atomic E-state index is 0.121. The van der Waals surface area contributed by atoms with Crippen molar-refractivity contribution in [1.29, 1.82) is 0 Å². The van der Waals surface area contributed by atoms with Crippen molar-refractivity contribution in [2.75, 3.05) is 13.2 Å². The van der Waals surface area contributed by atoms with Crippen molar-refractivity contribution in [3.63, 3.8) is 0 Å². The Kier molecular flexibility index (Phi) is 6.50. The highest BCUT2D eigenvalue weighted by molar-refractivity contribution is 5.74. The second-order valence-electron chi connectivity index (χ2n) is 5.40. The van der Waals surface area contributed by atoms with Crippen LogP contribution in [-0.4, -0.2) is 36.4 Å². The van der Waals surface area contributed by atoms with E-state index in [4.69, 9.17) is 4.74 Å². The molecule has 0 spiro atoms. The summed E-state index contributed by atoms with van der Waals surface area (Å²) in [5, 5.41) is 15.4. The van der Waals surface area contributed by atoms with Crippen molar-refractivity contribution in [2.24, 2.45) is 0 Å². The topological polar surface area (TPSA) is 70.6 Å². The van der Waals surface area contributed by atoms with Gasteiger partial charge in [0.15, 0.2) is 0 Å². The third kappa shape index (κ3) is 5.73. The van der Waals surface area contributed by atoms with Crippen LogP contribution >= 0.6 is 0 Å². The Morgan fingerprint density at radius 2 is 2.00 bits per heavy atom. The molecule has 1 fully saturated rings. The second-order valence-corrected chi connectivity index (χ2v) is 5.40. The highest BCUT2D eigenvalue weighted by Gasteiger charge is 2.24. The van der Waals surface area contributed by atoms with Crippen LogP contribution in [0.2, 0.25) is 0 Å². The fraction of sp³-hybridized carbons (Fsp3) is 0.562. The molecule has 1 aliphatic carbocycles. The average Bonchev–Trinajstić information content (AvgIpc) is 2.50. The van der Waals surface area contributed by atoms with E-state index in [9.17, 15) is 9.90 Å². The molecule has 1 aliphatic rings. The Labute approximate surface area is 125 Å². The molecule has 0 saturated heterocycles. The van der Waals surface area contributed by atoms with Crippen molar-refractivity contribution in [3.8, 4) is 0 Å². The van der Waals surface area contributed by atoms with Crippen molar-refractivity contribution < 1.29 is 14.6 Å². The Hall–Kier alpha value is -1.59. The van der Waals surface area contributed by atoms with Gasteiger partial charge in [0.25, 0.3) is 0 Å². The number of nitrogens with one attached hydrogen (secondary N) is 2. The zero-order chi connectivity index (χ0) is 14.9. The summed E-state index contributed by atoms with van der Waals surface area (Å²) in [4.78, 5) is 11.7. The molecule has 2 unspecified atom stereocenters. The second kappa shape index (κ2) is 8.64. The van der Waals surface area contributed by atoms with Crippen LogP contribution in [0.25, 0.3) is 0 Å². The molecule has 5 nitrogen and oxygen atoms in total. The lowest BCUT2D eigenvalue weighted by Gasteiger charge is -2.28. The van der Waals surface area contributed by atoms with Crippen molar-refractivity contribution in [3.05, 3.63) is 35.9 Å². The maximum absolute atomic E-state index is 11.7. The molecule has 0 heterocycles. The van der Waals surface area contributed by atoms with E-state index in [1.54, 1.807) is 0 Å². The number of aliphatic hydroxyl groups excluding tert-OH is 1. The first-order chi connectivity index (χ1) is 10.3. The molecule has 116 valence electrons. The van der Waals surface area contributed by atoms with E-state index in [-0.39, 0.29) is 12.1 Å². The molecule has 0 aromatic heterocycles. The van der Waals surface area contributed by atoms with Gasteiger partial charge in [0.2, 0.25) is 0 Å². The van der Waals surface area contributed by atoms with Crippen molar-refractivity contribution in [1.82, 2.24) is 10.6 Å². The number of hydrogen-bond donors (Lipinski definition) is 3. The molecule has 21 heavy (non-hydrogen) atoms. The van der Waals surface area contributed by atoms with Crippen LogP contribution in [0.15, 0.2) is 30.3 Å². The summed E-state index contributed by atoms with van der Waals surface area (Å²) in [5.41, 5.74) is 1.12. The normalized spacial score (nSPS) is 21.8. The molecule has 1 saturated carbocycles. The van der Waals surface area contributed by atoms with Gasteiger partial charge in [0.05, 0.1) is 25.4 Å². The summed E-state index contributed by atoms with van der Waals surface area (Å²) in [6.07, 6.45) is 3.29. The summed E-state index contributed by atoms with van der Waals surface area (Å²) in [6.45, 7) is 1.47. The fourth-order valence-electron chi connectivity index (χ4n) is 2.50. The van der Waals surface area contributed by atoms with E-state index in [0.717, 1.165) is 31.2 Å². The first kappa shape index (κ1) is 15.8. The Balaban J connectivity index is 1.55. The number of urea groups is 1. The lowest BCUT2D eigenvalue weighted by Crippen LogP contribution is -2.49. The van der Waals surface area contributed by atoms with E-state index in [2.05, 4.69) is 10.6 Å². The molecular formula is C16H24N2O3. The van der Waals surface area contributed by atoms with Gasteiger partial charge in [-0.25, -0.2) is 4.79 Å². The number of hydrogen-bond acceptors (Lipinski definition) is 3. The summed E-state index contributed by atoms with van der Waals surface area (Å²) in [7, 11) is 0. The van der Waals surface area contributed by atoms with Crippen LogP contribution in [0, 0.1) is 0 Å². The quantitative estimate of drug-likeness (QED) is 0.700. The fourth-order valence-corrected chi connectivity index (χ4v) is 2.50. The van der Waals surface area contributed by atoms with Crippen LogP contribution in [0.1, 0.15) is 31.2 Å². The van der Waals surface area contributed by atoms with Gasteiger partial charge in [0, 0.05) is 6.54 Å². The number of rotatable bonds is 6. The standard InChI is InChI=1S/C16H24N2O3/c19-15-9-5-4-8-14(15)18-16(20)17-10-11-21-12-13-6-2-1-3-7-13/h1-3,6-7,14-15,19H,4-5,8-12H2,(H2,17,18,20). The summed E-state index contributed by atoms with van der Waals surface area (Å²) in [6, 6.07) is 9.57. The first-order valence-corrected chi connectivity index (χ1v) is 7.60. The van der Waals surface area contributed by atoms with Gasteiger partial charge >= 0.3 is 6.03 Å². The predicted octanol–water partition coefficient (Wildman–Crippen LogP) is 1.81. The van der Waals surface area contributed by atoms with Gasteiger partial charge in [-0.1, -0.05) is 43.2 Å². The number of amides is 2. The lowest BCUT2D eigenvalue weighted by atomic mass is 9.93. The smallest absolute Gasteiger partial charge is 0.315 e. The molecule has 5 heteroatoms. The summed E-state index contributed by atoms with van der Waals surface area (Å²) < 4.78 is 5.49. The van der Waals surface area contributed by atoms with Crippen LogP contribution in [0.5, 0.6) is 0 Å². The Morgan fingerprint density at radius 3 is 2.76 bits per heavy atom. The van der Waals surface area contributed by atoms with E-state index >= 15 is 0 Å². The largest absolute Gasteiger partial charge is 0.391 e. The van der Waals surface area contributed by atoms with Gasteiger partial charge in [-0.2, -0.15) is 0 Å². The van der Waals surface area contributed by atoms with E-state index in [0.29, 0.717) is 19.8 Å². The molecule has 0 aliphatic heterocycles. The van der Waals surface area contributed by atoms with E-state index in [1.807, 2.05) is 30.3 Å². The Morgan fingerprint density at radius 1 is 1.24 bits per heavy atom. The molecule has 1 aromatic carbocycles. The number of carbonyl (C=O) groups is 1. The van der Waals surface area contributed by atoms with E-state index in [1.165, 1.54) is 0 Å². The number of ether oxygens (including phenoxy) is 1. The molecule has 2 atom stereocenters.